The Bertz CT molecular complexity index is 361. The second-order valence-corrected chi connectivity index (χ2v) is 4.27. The number of ether oxygens (including phenoxy) is 1. The summed E-state index contributed by atoms with van der Waals surface area (Å²) in [6.07, 6.45) is 0.109. The first-order valence-corrected chi connectivity index (χ1v) is 5.41. The van der Waals surface area contributed by atoms with Crippen LogP contribution in [0.2, 0.25) is 0 Å². The lowest BCUT2D eigenvalue weighted by molar-refractivity contribution is 0.101. The molecule has 1 atom stereocenters. The monoisotopic (exact) mass is 221 g/mol. The topological polar surface area (TPSA) is 29.5 Å². The SMILES string of the molecule is CC(=O)c1cccc(O[C@H](C)CN(C)C)c1. The second-order valence-electron chi connectivity index (χ2n) is 4.27. The van der Waals surface area contributed by atoms with Crippen molar-refractivity contribution in [1.82, 2.24) is 4.90 Å². The Morgan fingerprint density at radius 3 is 2.69 bits per heavy atom. The molecule has 0 aromatic heterocycles. The van der Waals surface area contributed by atoms with E-state index in [1.807, 2.05) is 33.2 Å². The summed E-state index contributed by atoms with van der Waals surface area (Å²) in [7, 11) is 4.01. The summed E-state index contributed by atoms with van der Waals surface area (Å²) in [6, 6.07) is 7.30. The molecule has 88 valence electrons. The van der Waals surface area contributed by atoms with Crippen molar-refractivity contribution in [2.75, 3.05) is 20.6 Å². The van der Waals surface area contributed by atoms with Crippen LogP contribution in [-0.4, -0.2) is 37.4 Å². The Morgan fingerprint density at radius 1 is 1.44 bits per heavy atom. The molecule has 0 N–H and O–H groups in total. The molecule has 16 heavy (non-hydrogen) atoms. The van der Waals surface area contributed by atoms with Gasteiger partial charge in [0.2, 0.25) is 0 Å². The van der Waals surface area contributed by atoms with Crippen LogP contribution >= 0.6 is 0 Å². The zero-order chi connectivity index (χ0) is 12.1. The van der Waals surface area contributed by atoms with Crippen molar-refractivity contribution in [2.24, 2.45) is 0 Å². The van der Waals surface area contributed by atoms with E-state index < -0.39 is 0 Å². The molecular weight excluding hydrogens is 202 g/mol. The van der Waals surface area contributed by atoms with Crippen LogP contribution in [0.25, 0.3) is 0 Å². The highest BCUT2D eigenvalue weighted by Crippen LogP contribution is 2.15. The first-order chi connectivity index (χ1) is 7.49. The number of hydrogen-bond donors (Lipinski definition) is 0. The van der Waals surface area contributed by atoms with Gasteiger partial charge in [-0.25, -0.2) is 0 Å². The molecule has 0 radical (unpaired) electrons. The molecule has 3 nitrogen and oxygen atoms in total. The Balaban J connectivity index is 2.66. The highest BCUT2D eigenvalue weighted by Gasteiger charge is 2.06. The van der Waals surface area contributed by atoms with Gasteiger partial charge in [-0.2, -0.15) is 0 Å². The van der Waals surface area contributed by atoms with Gasteiger partial charge in [-0.05, 0) is 40.1 Å². The average Bonchev–Trinajstić information content (AvgIpc) is 2.16. The van der Waals surface area contributed by atoms with Crippen molar-refractivity contribution in [3.05, 3.63) is 29.8 Å². The van der Waals surface area contributed by atoms with Crippen LogP contribution in [0, 0.1) is 0 Å². The Kier molecular flexibility index (Phi) is 4.50. The normalized spacial score (nSPS) is 12.6. The van der Waals surface area contributed by atoms with Crippen molar-refractivity contribution < 1.29 is 9.53 Å². The highest BCUT2D eigenvalue weighted by molar-refractivity contribution is 5.94. The van der Waals surface area contributed by atoms with Crippen LogP contribution in [0.3, 0.4) is 0 Å². The zero-order valence-electron chi connectivity index (χ0n) is 10.4. The summed E-state index contributed by atoms with van der Waals surface area (Å²) in [5.41, 5.74) is 0.689. The fraction of sp³-hybridized carbons (Fsp3) is 0.462. The molecule has 3 heteroatoms. The predicted molar refractivity (Wildman–Crippen MR) is 65.1 cm³/mol. The summed E-state index contributed by atoms with van der Waals surface area (Å²) in [5.74, 6) is 0.813. The largest absolute Gasteiger partial charge is 0.489 e. The maximum atomic E-state index is 11.2. The van der Waals surface area contributed by atoms with Crippen LogP contribution in [0.5, 0.6) is 5.75 Å². The van der Waals surface area contributed by atoms with E-state index in [0.717, 1.165) is 12.3 Å². The van der Waals surface area contributed by atoms with Crippen LogP contribution in [-0.2, 0) is 0 Å². The van der Waals surface area contributed by atoms with Crippen LogP contribution in [0.1, 0.15) is 24.2 Å². The van der Waals surface area contributed by atoms with E-state index in [9.17, 15) is 4.79 Å². The first kappa shape index (κ1) is 12.7. The number of likely N-dealkylation sites (N-methyl/N-ethyl adjacent to an activating group) is 1. The minimum atomic E-state index is 0.0608. The van der Waals surface area contributed by atoms with Crippen molar-refractivity contribution in [2.45, 2.75) is 20.0 Å². The minimum Gasteiger partial charge on any atom is -0.489 e. The predicted octanol–water partition coefficient (Wildman–Crippen LogP) is 2.22. The van der Waals surface area contributed by atoms with Gasteiger partial charge in [0.15, 0.2) is 5.78 Å². The summed E-state index contributed by atoms with van der Waals surface area (Å²) in [6.45, 7) is 4.42. The van der Waals surface area contributed by atoms with Crippen LogP contribution < -0.4 is 4.74 Å². The summed E-state index contributed by atoms with van der Waals surface area (Å²) in [5, 5.41) is 0. The van der Waals surface area contributed by atoms with Gasteiger partial charge < -0.3 is 9.64 Å². The fourth-order valence-electron chi connectivity index (χ4n) is 1.57. The number of hydrogen-bond acceptors (Lipinski definition) is 3. The van der Waals surface area contributed by atoms with Gasteiger partial charge in [0.05, 0.1) is 0 Å². The molecule has 0 aliphatic carbocycles. The molecule has 0 saturated carbocycles. The van der Waals surface area contributed by atoms with E-state index >= 15 is 0 Å². The summed E-state index contributed by atoms with van der Waals surface area (Å²) >= 11 is 0. The molecule has 1 rings (SSSR count). The number of Topliss-reactive ketones (excluding diaryl/α,β-unsaturated/α-hetero) is 1. The van der Waals surface area contributed by atoms with Gasteiger partial charge in [0.1, 0.15) is 11.9 Å². The standard InChI is InChI=1S/C13H19NO2/c1-10(9-14(3)4)16-13-7-5-6-12(8-13)11(2)15/h5-8,10H,9H2,1-4H3/t10-/m1/s1. The number of carbonyl (C=O) groups excluding carboxylic acids is 1. The molecule has 0 aliphatic heterocycles. The molecule has 1 aromatic rings. The first-order valence-electron chi connectivity index (χ1n) is 5.41. The third kappa shape index (κ3) is 4.03. The van der Waals surface area contributed by atoms with Crippen LogP contribution in [0.4, 0.5) is 0 Å². The maximum Gasteiger partial charge on any atom is 0.159 e. The second kappa shape index (κ2) is 5.66. The highest BCUT2D eigenvalue weighted by atomic mass is 16.5. The number of rotatable bonds is 5. The molecule has 0 unspecified atom stereocenters. The van der Waals surface area contributed by atoms with Gasteiger partial charge in [-0.15, -0.1) is 0 Å². The minimum absolute atomic E-state index is 0.0608. The van der Waals surface area contributed by atoms with E-state index in [2.05, 4.69) is 4.90 Å². The van der Waals surface area contributed by atoms with Gasteiger partial charge in [0.25, 0.3) is 0 Å². The van der Waals surface area contributed by atoms with E-state index in [4.69, 9.17) is 4.74 Å². The average molecular weight is 221 g/mol. The number of nitrogens with zero attached hydrogens (tertiary/aromatic N) is 1. The third-order valence-electron chi connectivity index (χ3n) is 2.20. The molecule has 0 saturated heterocycles. The summed E-state index contributed by atoms with van der Waals surface area (Å²) in [4.78, 5) is 13.3. The summed E-state index contributed by atoms with van der Waals surface area (Å²) < 4.78 is 5.72. The molecule has 0 bridgehead atoms. The number of carbonyl (C=O) groups is 1. The number of ketones is 1. The molecule has 1 aromatic carbocycles. The van der Waals surface area contributed by atoms with Gasteiger partial charge in [-0.3, -0.25) is 4.79 Å². The van der Waals surface area contributed by atoms with Gasteiger partial charge in [0, 0.05) is 12.1 Å². The fourth-order valence-corrected chi connectivity index (χ4v) is 1.57. The molecule has 0 amide bonds. The van der Waals surface area contributed by atoms with E-state index in [0.29, 0.717) is 5.56 Å². The Labute approximate surface area is 97.0 Å². The van der Waals surface area contributed by atoms with Crippen molar-refractivity contribution in [3.8, 4) is 5.75 Å². The lowest BCUT2D eigenvalue weighted by Crippen LogP contribution is -2.27. The zero-order valence-corrected chi connectivity index (χ0v) is 10.4. The smallest absolute Gasteiger partial charge is 0.159 e. The molecule has 0 spiro atoms. The lowest BCUT2D eigenvalue weighted by Gasteiger charge is -2.18. The quantitative estimate of drug-likeness (QED) is 0.714. The third-order valence-corrected chi connectivity index (χ3v) is 2.20. The van der Waals surface area contributed by atoms with Crippen molar-refractivity contribution in [3.63, 3.8) is 0 Å². The maximum absolute atomic E-state index is 11.2. The number of benzene rings is 1. The Hall–Kier alpha value is -1.35. The van der Waals surface area contributed by atoms with E-state index in [1.165, 1.54) is 0 Å². The lowest BCUT2D eigenvalue weighted by atomic mass is 10.1. The van der Waals surface area contributed by atoms with Gasteiger partial charge in [-0.1, -0.05) is 12.1 Å². The van der Waals surface area contributed by atoms with E-state index in [-0.39, 0.29) is 11.9 Å². The molecule has 0 aliphatic rings. The van der Waals surface area contributed by atoms with Gasteiger partial charge >= 0.3 is 0 Å². The van der Waals surface area contributed by atoms with E-state index in [1.54, 1.807) is 19.1 Å². The molecule has 0 heterocycles. The molecule has 0 fully saturated rings. The van der Waals surface area contributed by atoms with Crippen LogP contribution in [0.15, 0.2) is 24.3 Å². The Morgan fingerprint density at radius 2 is 2.12 bits per heavy atom. The molecular formula is C13H19NO2. The van der Waals surface area contributed by atoms with Crippen molar-refractivity contribution in [1.29, 1.82) is 0 Å². The van der Waals surface area contributed by atoms with Crippen molar-refractivity contribution >= 4 is 5.78 Å².